The largest absolute Gasteiger partial charge is 0.463 e. The SMILES string of the molecule is O=C(C[C@@H]1C(=O)OC[C@@H]2CCCCN21)Nc1cccc(Cl)c1. The summed E-state index contributed by atoms with van der Waals surface area (Å²) in [7, 11) is 0. The number of nitrogens with one attached hydrogen (secondary N) is 1. The van der Waals surface area contributed by atoms with Gasteiger partial charge in [0.25, 0.3) is 0 Å². The number of nitrogens with zero attached hydrogens (tertiary/aromatic N) is 1. The van der Waals surface area contributed by atoms with E-state index in [1.807, 2.05) is 0 Å². The highest BCUT2D eigenvalue weighted by atomic mass is 35.5. The molecule has 2 fully saturated rings. The molecule has 6 heteroatoms. The number of halogens is 1. The average molecular weight is 323 g/mol. The van der Waals surface area contributed by atoms with Crippen molar-refractivity contribution in [2.24, 2.45) is 0 Å². The van der Waals surface area contributed by atoms with Gasteiger partial charge >= 0.3 is 5.97 Å². The van der Waals surface area contributed by atoms with E-state index in [0.717, 1.165) is 25.8 Å². The van der Waals surface area contributed by atoms with Crippen LogP contribution in [0.1, 0.15) is 25.7 Å². The molecular formula is C16H19ClN2O3. The van der Waals surface area contributed by atoms with E-state index in [9.17, 15) is 9.59 Å². The van der Waals surface area contributed by atoms with Gasteiger partial charge in [0.2, 0.25) is 5.91 Å². The maximum Gasteiger partial charge on any atom is 0.323 e. The van der Waals surface area contributed by atoms with Crippen LogP contribution in [-0.4, -0.2) is 42.0 Å². The van der Waals surface area contributed by atoms with Gasteiger partial charge in [-0.1, -0.05) is 24.1 Å². The molecule has 22 heavy (non-hydrogen) atoms. The monoisotopic (exact) mass is 322 g/mol. The van der Waals surface area contributed by atoms with Gasteiger partial charge in [-0.2, -0.15) is 0 Å². The van der Waals surface area contributed by atoms with E-state index in [-0.39, 0.29) is 24.3 Å². The third-order valence-electron chi connectivity index (χ3n) is 4.25. The highest BCUT2D eigenvalue weighted by molar-refractivity contribution is 6.30. The van der Waals surface area contributed by atoms with Crippen LogP contribution in [0.2, 0.25) is 5.02 Å². The molecule has 3 rings (SSSR count). The summed E-state index contributed by atoms with van der Waals surface area (Å²) in [5.41, 5.74) is 0.636. The zero-order chi connectivity index (χ0) is 15.5. The number of cyclic esters (lactones) is 1. The summed E-state index contributed by atoms with van der Waals surface area (Å²) in [5.74, 6) is -0.491. The molecule has 2 aliphatic heterocycles. The number of anilines is 1. The van der Waals surface area contributed by atoms with Crippen LogP contribution in [0.5, 0.6) is 0 Å². The van der Waals surface area contributed by atoms with Gasteiger partial charge in [0, 0.05) is 16.8 Å². The van der Waals surface area contributed by atoms with E-state index in [1.54, 1.807) is 24.3 Å². The van der Waals surface area contributed by atoms with Crippen molar-refractivity contribution in [2.75, 3.05) is 18.5 Å². The predicted octanol–water partition coefficient (Wildman–Crippen LogP) is 2.45. The molecule has 1 aromatic rings. The fourth-order valence-electron chi connectivity index (χ4n) is 3.18. The Kier molecular flexibility index (Phi) is 4.64. The number of carbonyl (C=O) groups is 2. The molecule has 0 aliphatic carbocycles. The summed E-state index contributed by atoms with van der Waals surface area (Å²) >= 11 is 5.90. The number of carbonyl (C=O) groups excluding carboxylic acids is 2. The first-order valence-corrected chi connectivity index (χ1v) is 7.99. The van der Waals surface area contributed by atoms with Gasteiger partial charge < -0.3 is 10.1 Å². The summed E-state index contributed by atoms with van der Waals surface area (Å²) < 4.78 is 5.25. The number of rotatable bonds is 3. The minimum Gasteiger partial charge on any atom is -0.463 e. The van der Waals surface area contributed by atoms with Crippen molar-refractivity contribution in [1.29, 1.82) is 0 Å². The fourth-order valence-corrected chi connectivity index (χ4v) is 3.37. The van der Waals surface area contributed by atoms with Crippen molar-refractivity contribution in [2.45, 2.75) is 37.8 Å². The van der Waals surface area contributed by atoms with Crippen LogP contribution in [-0.2, 0) is 14.3 Å². The van der Waals surface area contributed by atoms with Gasteiger partial charge in [0.1, 0.15) is 12.6 Å². The van der Waals surface area contributed by atoms with Crippen molar-refractivity contribution in [3.8, 4) is 0 Å². The number of fused-ring (bicyclic) bond motifs is 1. The molecular weight excluding hydrogens is 304 g/mol. The molecule has 0 radical (unpaired) electrons. The van der Waals surface area contributed by atoms with Crippen molar-refractivity contribution in [1.82, 2.24) is 4.90 Å². The molecule has 118 valence electrons. The van der Waals surface area contributed by atoms with Gasteiger partial charge in [-0.3, -0.25) is 14.5 Å². The van der Waals surface area contributed by atoms with E-state index in [1.165, 1.54) is 0 Å². The van der Waals surface area contributed by atoms with Crippen molar-refractivity contribution >= 4 is 29.2 Å². The lowest BCUT2D eigenvalue weighted by Crippen LogP contribution is -2.57. The molecule has 1 aromatic carbocycles. The molecule has 0 unspecified atom stereocenters. The topological polar surface area (TPSA) is 58.6 Å². The lowest BCUT2D eigenvalue weighted by molar-refractivity contribution is -0.165. The van der Waals surface area contributed by atoms with Gasteiger partial charge in [-0.05, 0) is 37.6 Å². The summed E-state index contributed by atoms with van der Waals surface area (Å²) in [4.78, 5) is 26.4. The number of amides is 1. The highest BCUT2D eigenvalue weighted by Gasteiger charge is 2.40. The first-order chi connectivity index (χ1) is 10.6. The molecule has 2 saturated heterocycles. The Labute approximate surface area is 134 Å². The number of benzene rings is 1. The predicted molar refractivity (Wildman–Crippen MR) is 83.8 cm³/mol. The highest BCUT2D eigenvalue weighted by Crippen LogP contribution is 2.26. The second kappa shape index (κ2) is 6.67. The summed E-state index contributed by atoms with van der Waals surface area (Å²) in [6, 6.07) is 6.75. The third kappa shape index (κ3) is 3.42. The Bertz CT molecular complexity index is 578. The quantitative estimate of drug-likeness (QED) is 0.868. The van der Waals surface area contributed by atoms with Crippen LogP contribution in [0, 0.1) is 0 Å². The first kappa shape index (κ1) is 15.3. The molecule has 0 bridgehead atoms. The van der Waals surface area contributed by atoms with Crippen LogP contribution < -0.4 is 5.32 Å². The van der Waals surface area contributed by atoms with Gasteiger partial charge in [-0.25, -0.2) is 0 Å². The molecule has 0 spiro atoms. The van der Waals surface area contributed by atoms with Crippen molar-refractivity contribution < 1.29 is 14.3 Å². The van der Waals surface area contributed by atoms with Gasteiger partial charge in [-0.15, -0.1) is 0 Å². The average Bonchev–Trinajstić information content (AvgIpc) is 2.50. The van der Waals surface area contributed by atoms with E-state index in [2.05, 4.69) is 10.2 Å². The van der Waals surface area contributed by atoms with Crippen molar-refractivity contribution in [3.05, 3.63) is 29.3 Å². The number of esters is 1. The van der Waals surface area contributed by atoms with E-state index < -0.39 is 6.04 Å². The van der Waals surface area contributed by atoms with Crippen LogP contribution >= 0.6 is 11.6 Å². The molecule has 1 amide bonds. The molecule has 0 aromatic heterocycles. The summed E-state index contributed by atoms with van der Waals surface area (Å²) in [6.07, 6.45) is 3.36. The summed E-state index contributed by atoms with van der Waals surface area (Å²) in [5, 5.41) is 3.35. The van der Waals surface area contributed by atoms with Gasteiger partial charge in [0.05, 0.1) is 6.42 Å². The number of piperidine rings is 1. The normalized spacial score (nSPS) is 25.2. The molecule has 2 heterocycles. The number of ether oxygens (including phenoxy) is 1. The van der Waals surface area contributed by atoms with E-state index >= 15 is 0 Å². The molecule has 2 atom stereocenters. The number of morpholine rings is 1. The van der Waals surface area contributed by atoms with E-state index in [4.69, 9.17) is 16.3 Å². The van der Waals surface area contributed by atoms with Crippen LogP contribution in [0.15, 0.2) is 24.3 Å². The first-order valence-electron chi connectivity index (χ1n) is 7.61. The standard InChI is InChI=1S/C16H19ClN2O3/c17-11-4-3-5-12(8-11)18-15(20)9-14-16(21)22-10-13-6-1-2-7-19(13)14/h3-5,8,13-14H,1-2,6-7,9-10H2,(H,18,20)/t13-,14+/m0/s1. The van der Waals surface area contributed by atoms with E-state index in [0.29, 0.717) is 17.3 Å². The minimum atomic E-state index is -0.474. The molecule has 2 aliphatic rings. The Morgan fingerprint density at radius 2 is 2.27 bits per heavy atom. The number of hydrogen-bond donors (Lipinski definition) is 1. The minimum absolute atomic E-state index is 0.113. The Morgan fingerprint density at radius 1 is 1.41 bits per heavy atom. The summed E-state index contributed by atoms with van der Waals surface area (Å²) in [6.45, 7) is 1.31. The van der Waals surface area contributed by atoms with Crippen molar-refractivity contribution in [3.63, 3.8) is 0 Å². The Hall–Kier alpha value is -1.59. The van der Waals surface area contributed by atoms with Crippen LogP contribution in [0.25, 0.3) is 0 Å². The Balaban J connectivity index is 1.65. The zero-order valence-electron chi connectivity index (χ0n) is 12.3. The second-order valence-corrected chi connectivity index (χ2v) is 6.23. The lowest BCUT2D eigenvalue weighted by atomic mass is 9.97. The van der Waals surface area contributed by atoms with Crippen LogP contribution in [0.3, 0.4) is 0 Å². The molecule has 0 saturated carbocycles. The molecule has 5 nitrogen and oxygen atoms in total. The zero-order valence-corrected chi connectivity index (χ0v) is 13.0. The maximum absolute atomic E-state index is 12.2. The second-order valence-electron chi connectivity index (χ2n) is 5.80. The maximum atomic E-state index is 12.2. The van der Waals surface area contributed by atoms with Gasteiger partial charge in [0.15, 0.2) is 0 Å². The smallest absolute Gasteiger partial charge is 0.323 e. The molecule has 1 N–H and O–H groups in total. The van der Waals surface area contributed by atoms with Crippen LogP contribution in [0.4, 0.5) is 5.69 Å². The fraction of sp³-hybridized carbons (Fsp3) is 0.500. The number of hydrogen-bond acceptors (Lipinski definition) is 4. The third-order valence-corrected chi connectivity index (χ3v) is 4.49. The Morgan fingerprint density at radius 3 is 3.09 bits per heavy atom. The lowest BCUT2D eigenvalue weighted by Gasteiger charge is -2.43.